The van der Waals surface area contributed by atoms with Crippen LogP contribution in [0.3, 0.4) is 0 Å². The molecule has 1 aliphatic heterocycles. The maximum atomic E-state index is 14.5. The maximum Gasteiger partial charge on any atom is 0.208 e. The minimum atomic E-state index is -0.339. The monoisotopic (exact) mass is 405 g/mol. The number of likely N-dealkylation sites (N-methyl/N-ethyl adjacent to an activating group) is 1. The van der Waals surface area contributed by atoms with Gasteiger partial charge in [0.25, 0.3) is 0 Å². The molecule has 3 aromatic heterocycles. The van der Waals surface area contributed by atoms with Gasteiger partial charge in [-0.15, -0.1) is 0 Å². The van der Waals surface area contributed by atoms with E-state index in [0.29, 0.717) is 28.7 Å². The maximum absolute atomic E-state index is 14.5. The summed E-state index contributed by atoms with van der Waals surface area (Å²) >= 11 is 3.34. The van der Waals surface area contributed by atoms with Crippen molar-refractivity contribution in [3.05, 3.63) is 34.7 Å². The highest BCUT2D eigenvalue weighted by Gasteiger charge is 2.20. The molecule has 0 spiro atoms. The number of H-pyrrole nitrogens is 1. The number of aromatic nitrogens is 4. The molecule has 130 valence electrons. The minimum absolute atomic E-state index is 0.339. The van der Waals surface area contributed by atoms with E-state index in [1.54, 1.807) is 6.20 Å². The zero-order valence-corrected chi connectivity index (χ0v) is 15.2. The molecule has 25 heavy (non-hydrogen) atoms. The van der Waals surface area contributed by atoms with Crippen molar-refractivity contribution in [2.75, 3.05) is 43.4 Å². The van der Waals surface area contributed by atoms with E-state index in [1.165, 1.54) is 6.07 Å². The van der Waals surface area contributed by atoms with Crippen LogP contribution in [0.5, 0.6) is 0 Å². The summed E-state index contributed by atoms with van der Waals surface area (Å²) in [5.41, 5.74) is 1.03. The van der Waals surface area contributed by atoms with Crippen molar-refractivity contribution < 1.29 is 4.39 Å². The van der Waals surface area contributed by atoms with Crippen molar-refractivity contribution in [2.45, 2.75) is 0 Å². The highest BCUT2D eigenvalue weighted by atomic mass is 79.9. The Morgan fingerprint density at radius 1 is 1.20 bits per heavy atom. The Kier molecular flexibility index (Phi) is 4.26. The molecule has 0 unspecified atom stereocenters. The Hall–Kier alpha value is -2.26. The third-order valence-electron chi connectivity index (χ3n) is 4.18. The largest absolute Gasteiger partial charge is 0.352 e. The molecule has 0 saturated carbocycles. The molecule has 0 aliphatic carbocycles. The highest BCUT2D eigenvalue weighted by Crippen LogP contribution is 2.24. The summed E-state index contributed by atoms with van der Waals surface area (Å²) in [5.74, 6) is 1.14. The molecule has 2 N–H and O–H groups in total. The first-order valence-corrected chi connectivity index (χ1v) is 8.76. The van der Waals surface area contributed by atoms with Gasteiger partial charge >= 0.3 is 0 Å². The van der Waals surface area contributed by atoms with Gasteiger partial charge in [-0.3, -0.25) is 0 Å². The van der Waals surface area contributed by atoms with Crippen molar-refractivity contribution in [1.82, 2.24) is 24.8 Å². The second-order valence-electron chi connectivity index (χ2n) is 6.03. The molecule has 9 heteroatoms. The van der Waals surface area contributed by atoms with Gasteiger partial charge in [0.1, 0.15) is 5.82 Å². The molecule has 7 nitrogen and oxygen atoms in total. The summed E-state index contributed by atoms with van der Waals surface area (Å²) in [6.07, 6.45) is 1.69. The third kappa shape index (κ3) is 3.42. The summed E-state index contributed by atoms with van der Waals surface area (Å²) in [7, 11) is 2.06. The van der Waals surface area contributed by atoms with Crippen LogP contribution in [-0.4, -0.2) is 58.1 Å². The molecule has 3 aromatic rings. The molecule has 0 amide bonds. The number of nitrogens with zero attached hydrogens (tertiary/aromatic N) is 5. The lowest BCUT2D eigenvalue weighted by molar-refractivity contribution is 0.311. The first-order chi connectivity index (χ1) is 12.1. The van der Waals surface area contributed by atoms with Gasteiger partial charge in [0.05, 0.1) is 5.52 Å². The number of rotatable bonds is 3. The number of halogens is 2. The summed E-state index contributed by atoms with van der Waals surface area (Å²) in [6, 6.07) is 5.14. The molecule has 4 heterocycles. The van der Waals surface area contributed by atoms with E-state index in [9.17, 15) is 4.39 Å². The first kappa shape index (κ1) is 16.2. The van der Waals surface area contributed by atoms with E-state index in [2.05, 4.69) is 53.1 Å². The van der Waals surface area contributed by atoms with Gasteiger partial charge in [0, 0.05) is 42.9 Å². The average molecular weight is 406 g/mol. The molecular formula is C16H17BrFN7. The predicted octanol–water partition coefficient (Wildman–Crippen LogP) is 2.75. The molecule has 1 fully saturated rings. The van der Waals surface area contributed by atoms with E-state index in [4.69, 9.17) is 0 Å². The fraction of sp³-hybridized carbons (Fsp3) is 0.312. The average Bonchev–Trinajstić information content (AvgIpc) is 2.98. The lowest BCUT2D eigenvalue weighted by Gasteiger charge is -2.33. The number of hydrogen-bond acceptors (Lipinski definition) is 6. The zero-order valence-electron chi connectivity index (χ0n) is 13.6. The summed E-state index contributed by atoms with van der Waals surface area (Å²) < 4.78 is 15.4. The number of piperazine rings is 1. The first-order valence-electron chi connectivity index (χ1n) is 7.97. The van der Waals surface area contributed by atoms with E-state index < -0.39 is 0 Å². The van der Waals surface area contributed by atoms with Crippen LogP contribution in [0, 0.1) is 5.82 Å². The van der Waals surface area contributed by atoms with Gasteiger partial charge in [-0.05, 0) is 35.1 Å². The van der Waals surface area contributed by atoms with Crippen molar-refractivity contribution in [3.8, 4) is 0 Å². The van der Waals surface area contributed by atoms with Gasteiger partial charge < -0.3 is 20.1 Å². The zero-order chi connectivity index (χ0) is 17.4. The second kappa shape index (κ2) is 6.57. The van der Waals surface area contributed by atoms with Crippen LogP contribution in [0.1, 0.15) is 0 Å². The Morgan fingerprint density at radius 3 is 2.72 bits per heavy atom. The van der Waals surface area contributed by atoms with Crippen LogP contribution >= 0.6 is 15.9 Å². The topological polar surface area (TPSA) is 73.0 Å². The van der Waals surface area contributed by atoms with E-state index >= 15 is 0 Å². The van der Waals surface area contributed by atoms with Crippen molar-refractivity contribution in [3.63, 3.8) is 0 Å². The Bertz CT molecular complexity index is 887. The van der Waals surface area contributed by atoms with Crippen LogP contribution in [0.4, 0.5) is 22.0 Å². The molecule has 1 saturated heterocycles. The van der Waals surface area contributed by atoms with E-state index in [1.807, 2.05) is 17.0 Å². The molecule has 4 rings (SSSR count). The van der Waals surface area contributed by atoms with Crippen LogP contribution in [0.25, 0.3) is 11.2 Å². The van der Waals surface area contributed by atoms with Gasteiger partial charge in [-0.25, -0.2) is 14.4 Å². The lowest BCUT2D eigenvalue weighted by atomic mass is 10.3. The Labute approximate surface area is 152 Å². The molecule has 0 radical (unpaired) electrons. The smallest absolute Gasteiger partial charge is 0.208 e. The Balaban J connectivity index is 1.61. The van der Waals surface area contributed by atoms with Crippen LogP contribution < -0.4 is 10.2 Å². The van der Waals surface area contributed by atoms with Gasteiger partial charge in [0.15, 0.2) is 17.3 Å². The minimum Gasteiger partial charge on any atom is -0.352 e. The van der Waals surface area contributed by atoms with Crippen molar-refractivity contribution in [1.29, 1.82) is 0 Å². The molecule has 0 bridgehead atoms. The predicted molar refractivity (Wildman–Crippen MR) is 98.8 cm³/mol. The number of imidazole rings is 1. The quantitative estimate of drug-likeness (QED) is 0.697. The van der Waals surface area contributed by atoms with E-state index in [0.717, 1.165) is 30.7 Å². The van der Waals surface area contributed by atoms with Crippen molar-refractivity contribution in [2.24, 2.45) is 0 Å². The van der Waals surface area contributed by atoms with Crippen molar-refractivity contribution >= 4 is 44.7 Å². The highest BCUT2D eigenvalue weighted by molar-refractivity contribution is 9.10. The fourth-order valence-electron chi connectivity index (χ4n) is 2.78. The van der Waals surface area contributed by atoms with Crippen LogP contribution in [0.2, 0.25) is 0 Å². The normalized spacial score (nSPS) is 15.7. The molecule has 0 aromatic carbocycles. The number of anilines is 3. The lowest BCUT2D eigenvalue weighted by Crippen LogP contribution is -2.45. The molecule has 0 atom stereocenters. The molecular weight excluding hydrogens is 389 g/mol. The fourth-order valence-corrected chi connectivity index (χ4v) is 3.01. The van der Waals surface area contributed by atoms with Gasteiger partial charge in [-0.2, -0.15) is 4.98 Å². The number of pyridine rings is 2. The van der Waals surface area contributed by atoms with Gasteiger partial charge in [-0.1, -0.05) is 0 Å². The third-order valence-corrected chi connectivity index (χ3v) is 4.65. The van der Waals surface area contributed by atoms with Crippen LogP contribution in [-0.2, 0) is 0 Å². The number of nitrogens with one attached hydrogen (secondary N) is 2. The van der Waals surface area contributed by atoms with Crippen LogP contribution in [0.15, 0.2) is 28.9 Å². The Morgan fingerprint density at radius 2 is 2.00 bits per heavy atom. The summed E-state index contributed by atoms with van der Waals surface area (Å²) in [6.45, 7) is 3.29. The summed E-state index contributed by atoms with van der Waals surface area (Å²) in [4.78, 5) is 20.3. The standard InChI is InChI=1S/C16H17BrFN7/c1-24-4-6-25(7-5-24)15-11(18)8-12-14(22-15)23-16(20-12)21-13-3-2-10(17)9-19-13/h2-3,8-9H,4-7H2,1H3,(H2,19,20,21,22,23). The summed E-state index contributed by atoms with van der Waals surface area (Å²) in [5, 5.41) is 3.06. The second-order valence-corrected chi connectivity index (χ2v) is 6.94. The SMILES string of the molecule is CN1CCN(c2nc3nc(Nc4ccc(Br)cn4)[nH]c3cc2F)CC1. The number of fused-ring (bicyclic) bond motifs is 1. The number of aromatic amines is 1. The molecule has 1 aliphatic rings. The van der Waals surface area contributed by atoms with Gasteiger partial charge in [0.2, 0.25) is 5.95 Å². The number of hydrogen-bond donors (Lipinski definition) is 2. The van der Waals surface area contributed by atoms with E-state index in [-0.39, 0.29) is 5.82 Å².